The molecule has 0 amide bonds. The number of aliphatic hydroxyl groups is 1. The summed E-state index contributed by atoms with van der Waals surface area (Å²) in [6.07, 6.45) is 3.13. The lowest BCUT2D eigenvalue weighted by molar-refractivity contribution is 0.277. The van der Waals surface area contributed by atoms with E-state index in [-0.39, 0.29) is 6.61 Å². The van der Waals surface area contributed by atoms with Crippen LogP contribution in [0.1, 0.15) is 5.69 Å². The van der Waals surface area contributed by atoms with Gasteiger partial charge in [-0.1, -0.05) is 23.2 Å². The van der Waals surface area contributed by atoms with E-state index >= 15 is 0 Å². The van der Waals surface area contributed by atoms with E-state index in [2.05, 4.69) is 10.1 Å². The summed E-state index contributed by atoms with van der Waals surface area (Å²) in [5.41, 5.74) is 0.417. The molecule has 2 aromatic rings. The van der Waals surface area contributed by atoms with Gasteiger partial charge >= 0.3 is 0 Å². The van der Waals surface area contributed by atoms with E-state index in [0.29, 0.717) is 21.6 Å². The van der Waals surface area contributed by atoms with Crippen LogP contribution in [0.5, 0.6) is 0 Å². The highest BCUT2D eigenvalue weighted by Gasteiger charge is 2.05. The molecule has 0 aliphatic carbocycles. The Balaban J connectivity index is 2.45. The Morgan fingerprint density at radius 2 is 2.13 bits per heavy atom. The van der Waals surface area contributed by atoms with Gasteiger partial charge in [-0.25, -0.2) is 9.67 Å². The molecule has 2 rings (SSSR count). The fourth-order valence-corrected chi connectivity index (χ4v) is 1.44. The summed E-state index contributed by atoms with van der Waals surface area (Å²) < 4.78 is 1.51. The normalized spacial score (nSPS) is 10.6. The fraction of sp³-hybridized carbons (Fsp3) is 0.111. The Labute approximate surface area is 96.1 Å². The lowest BCUT2D eigenvalue weighted by Crippen LogP contribution is -2.01. The minimum Gasteiger partial charge on any atom is -0.390 e. The van der Waals surface area contributed by atoms with Crippen molar-refractivity contribution >= 4 is 23.2 Å². The molecule has 0 aliphatic heterocycles. The zero-order chi connectivity index (χ0) is 10.8. The number of halogens is 2. The zero-order valence-electron chi connectivity index (χ0n) is 7.56. The van der Waals surface area contributed by atoms with Crippen LogP contribution in [0.25, 0.3) is 5.82 Å². The van der Waals surface area contributed by atoms with Crippen molar-refractivity contribution in [1.29, 1.82) is 0 Å². The smallest absolute Gasteiger partial charge is 0.153 e. The predicted molar refractivity (Wildman–Crippen MR) is 57.3 cm³/mol. The number of nitrogens with zero attached hydrogens (tertiary/aromatic N) is 3. The van der Waals surface area contributed by atoms with E-state index in [4.69, 9.17) is 28.3 Å². The molecule has 0 aliphatic rings. The van der Waals surface area contributed by atoms with Gasteiger partial charge < -0.3 is 5.11 Å². The van der Waals surface area contributed by atoms with Crippen LogP contribution in [0.4, 0.5) is 0 Å². The van der Waals surface area contributed by atoms with Crippen molar-refractivity contribution in [3.63, 3.8) is 0 Å². The Kier molecular flexibility index (Phi) is 2.90. The summed E-state index contributed by atoms with van der Waals surface area (Å²) in [4.78, 5) is 4.13. The minimum atomic E-state index is -0.207. The van der Waals surface area contributed by atoms with E-state index < -0.39 is 0 Å². The van der Waals surface area contributed by atoms with Gasteiger partial charge in [0.15, 0.2) is 5.82 Å². The van der Waals surface area contributed by atoms with Gasteiger partial charge in [-0.2, -0.15) is 5.10 Å². The molecule has 15 heavy (non-hydrogen) atoms. The van der Waals surface area contributed by atoms with Crippen molar-refractivity contribution in [2.75, 3.05) is 0 Å². The van der Waals surface area contributed by atoms with Crippen LogP contribution in [0.15, 0.2) is 24.5 Å². The summed E-state index contributed by atoms with van der Waals surface area (Å²) in [6, 6.07) is 3.36. The van der Waals surface area contributed by atoms with E-state index in [1.165, 1.54) is 10.9 Å². The first-order valence-corrected chi connectivity index (χ1v) is 4.93. The summed E-state index contributed by atoms with van der Waals surface area (Å²) in [6.45, 7) is -0.207. The SMILES string of the molecule is OCc1nc(-n2cc(Cl)cn2)ccc1Cl. The van der Waals surface area contributed by atoms with Gasteiger partial charge in [0.1, 0.15) is 0 Å². The van der Waals surface area contributed by atoms with Crippen molar-refractivity contribution in [2.45, 2.75) is 6.61 Å². The van der Waals surface area contributed by atoms with Crippen LogP contribution in [0, 0.1) is 0 Å². The summed E-state index contributed by atoms with van der Waals surface area (Å²) in [7, 11) is 0. The molecule has 78 valence electrons. The molecule has 0 saturated heterocycles. The number of aromatic nitrogens is 3. The van der Waals surface area contributed by atoms with Crippen LogP contribution in [-0.2, 0) is 6.61 Å². The first-order valence-electron chi connectivity index (χ1n) is 4.17. The number of pyridine rings is 1. The minimum absolute atomic E-state index is 0.207. The predicted octanol–water partition coefficient (Wildman–Crippen LogP) is 2.07. The maximum Gasteiger partial charge on any atom is 0.153 e. The monoisotopic (exact) mass is 243 g/mol. The van der Waals surface area contributed by atoms with Gasteiger partial charge in [0, 0.05) is 0 Å². The Morgan fingerprint density at radius 3 is 2.73 bits per heavy atom. The molecular weight excluding hydrogens is 237 g/mol. The molecule has 4 nitrogen and oxygen atoms in total. The van der Waals surface area contributed by atoms with Crippen LogP contribution < -0.4 is 0 Å². The second-order valence-corrected chi connectivity index (χ2v) is 3.70. The molecule has 2 heterocycles. The quantitative estimate of drug-likeness (QED) is 0.879. The average Bonchev–Trinajstić information content (AvgIpc) is 2.66. The third-order valence-electron chi connectivity index (χ3n) is 1.84. The zero-order valence-corrected chi connectivity index (χ0v) is 9.07. The van der Waals surface area contributed by atoms with Crippen molar-refractivity contribution < 1.29 is 5.11 Å². The van der Waals surface area contributed by atoms with E-state index in [1.54, 1.807) is 18.3 Å². The van der Waals surface area contributed by atoms with Crippen molar-refractivity contribution in [3.05, 3.63) is 40.3 Å². The highest BCUT2D eigenvalue weighted by molar-refractivity contribution is 6.31. The van der Waals surface area contributed by atoms with Crippen molar-refractivity contribution in [2.24, 2.45) is 0 Å². The molecular formula is C9H7Cl2N3O. The molecule has 0 saturated carbocycles. The molecule has 0 atom stereocenters. The van der Waals surface area contributed by atoms with Gasteiger partial charge in [0.2, 0.25) is 0 Å². The van der Waals surface area contributed by atoms with Crippen LogP contribution >= 0.6 is 23.2 Å². The largest absolute Gasteiger partial charge is 0.390 e. The molecule has 0 radical (unpaired) electrons. The third-order valence-corrected chi connectivity index (χ3v) is 2.38. The van der Waals surface area contributed by atoms with Gasteiger partial charge in [-0.15, -0.1) is 0 Å². The number of aliphatic hydroxyl groups excluding tert-OH is 1. The molecule has 1 N–H and O–H groups in total. The highest BCUT2D eigenvalue weighted by Crippen LogP contribution is 2.17. The topological polar surface area (TPSA) is 50.9 Å². The van der Waals surface area contributed by atoms with Gasteiger partial charge in [-0.3, -0.25) is 0 Å². The average molecular weight is 244 g/mol. The number of rotatable bonds is 2. The molecule has 0 spiro atoms. The molecule has 0 bridgehead atoms. The Hall–Kier alpha value is -1.10. The second kappa shape index (κ2) is 4.18. The van der Waals surface area contributed by atoms with Crippen molar-refractivity contribution in [1.82, 2.24) is 14.8 Å². The Bertz CT molecular complexity index is 484. The number of hydrogen-bond donors (Lipinski definition) is 1. The molecule has 0 fully saturated rings. The lowest BCUT2D eigenvalue weighted by atomic mass is 10.3. The highest BCUT2D eigenvalue weighted by atomic mass is 35.5. The van der Waals surface area contributed by atoms with E-state index in [9.17, 15) is 0 Å². The van der Waals surface area contributed by atoms with E-state index in [1.807, 2.05) is 0 Å². The second-order valence-electron chi connectivity index (χ2n) is 2.86. The lowest BCUT2D eigenvalue weighted by Gasteiger charge is -2.03. The van der Waals surface area contributed by atoms with Gasteiger partial charge in [-0.05, 0) is 12.1 Å². The molecule has 0 aromatic carbocycles. The number of hydrogen-bond acceptors (Lipinski definition) is 3. The Morgan fingerprint density at radius 1 is 1.33 bits per heavy atom. The molecule has 6 heteroatoms. The standard InChI is InChI=1S/C9H7Cl2N3O/c10-6-3-12-14(4-6)9-2-1-7(11)8(5-15)13-9/h1-4,15H,5H2. The van der Waals surface area contributed by atoms with E-state index in [0.717, 1.165) is 0 Å². The van der Waals surface area contributed by atoms with Gasteiger partial charge in [0.05, 0.1) is 34.7 Å². The maximum atomic E-state index is 8.99. The summed E-state index contributed by atoms with van der Waals surface area (Å²) in [5.74, 6) is 0.565. The first-order chi connectivity index (χ1) is 7.20. The maximum absolute atomic E-state index is 8.99. The molecule has 0 unspecified atom stereocenters. The molecule has 2 aromatic heterocycles. The van der Waals surface area contributed by atoms with Crippen LogP contribution in [0.3, 0.4) is 0 Å². The summed E-state index contributed by atoms with van der Waals surface area (Å²) in [5, 5.41) is 13.9. The van der Waals surface area contributed by atoms with Crippen molar-refractivity contribution in [3.8, 4) is 5.82 Å². The fourth-order valence-electron chi connectivity index (χ4n) is 1.14. The van der Waals surface area contributed by atoms with Crippen LogP contribution in [-0.4, -0.2) is 19.9 Å². The van der Waals surface area contributed by atoms with Crippen LogP contribution in [0.2, 0.25) is 10.0 Å². The van der Waals surface area contributed by atoms with Gasteiger partial charge in [0.25, 0.3) is 0 Å². The third kappa shape index (κ3) is 2.12. The first kappa shape index (κ1) is 10.4. The summed E-state index contributed by atoms with van der Waals surface area (Å²) >= 11 is 11.5.